The molecule has 0 radical (unpaired) electrons. The molecule has 0 aliphatic carbocycles. The van der Waals surface area contributed by atoms with Crippen molar-refractivity contribution in [3.63, 3.8) is 0 Å². The van der Waals surface area contributed by atoms with Gasteiger partial charge in [-0.3, -0.25) is 9.79 Å². The summed E-state index contributed by atoms with van der Waals surface area (Å²) in [4.78, 5) is 25.4. The van der Waals surface area contributed by atoms with E-state index >= 15 is 0 Å². The van der Waals surface area contributed by atoms with Crippen molar-refractivity contribution in [2.45, 2.75) is 48.6 Å². The van der Waals surface area contributed by atoms with Gasteiger partial charge in [-0.25, -0.2) is 27.2 Å². The van der Waals surface area contributed by atoms with Crippen LogP contribution < -0.4 is 10.5 Å². The number of fused-ring (bicyclic) bond motifs is 2. The van der Waals surface area contributed by atoms with Crippen LogP contribution in [0.15, 0.2) is 29.4 Å². The molecule has 176 valence electrons. The van der Waals surface area contributed by atoms with E-state index in [0.717, 1.165) is 0 Å². The molecule has 2 aliphatic heterocycles. The molecule has 8 nitrogen and oxygen atoms in total. The Morgan fingerprint density at radius 3 is 2.73 bits per heavy atom. The van der Waals surface area contributed by atoms with Gasteiger partial charge in [0, 0.05) is 12.0 Å². The average molecular weight is 479 g/mol. The van der Waals surface area contributed by atoms with E-state index in [4.69, 9.17) is 10.5 Å². The lowest BCUT2D eigenvalue weighted by molar-refractivity contribution is 0.0986. The summed E-state index contributed by atoms with van der Waals surface area (Å²) < 4.78 is 58.3. The van der Waals surface area contributed by atoms with E-state index in [2.05, 4.69) is 15.0 Å². The van der Waals surface area contributed by atoms with E-state index in [0.29, 0.717) is 11.3 Å². The van der Waals surface area contributed by atoms with E-state index in [1.54, 1.807) is 6.92 Å². The van der Waals surface area contributed by atoms with Crippen molar-refractivity contribution in [2.24, 2.45) is 10.7 Å². The maximum atomic E-state index is 15.0. The van der Waals surface area contributed by atoms with Gasteiger partial charge in [0.05, 0.1) is 24.3 Å². The molecule has 2 aromatic rings. The summed E-state index contributed by atoms with van der Waals surface area (Å²) in [5.74, 6) is -1.09. The van der Waals surface area contributed by atoms with Crippen LogP contribution in [-0.4, -0.2) is 53.8 Å². The van der Waals surface area contributed by atoms with Crippen LogP contribution in [0.4, 0.5) is 8.78 Å². The van der Waals surface area contributed by atoms with Crippen LogP contribution in [0.3, 0.4) is 0 Å². The van der Waals surface area contributed by atoms with Crippen molar-refractivity contribution in [1.29, 1.82) is 0 Å². The van der Waals surface area contributed by atoms with Crippen LogP contribution in [-0.2, 0) is 21.8 Å². The van der Waals surface area contributed by atoms with Crippen LogP contribution in [0.1, 0.15) is 47.1 Å². The number of sulfone groups is 1. The van der Waals surface area contributed by atoms with E-state index < -0.39 is 37.9 Å². The number of Topliss-reactive ketones (excluding diaryl/α,β-unsaturated/α-hetero) is 1. The van der Waals surface area contributed by atoms with E-state index in [9.17, 15) is 22.0 Å². The fourth-order valence-electron chi connectivity index (χ4n) is 4.83. The summed E-state index contributed by atoms with van der Waals surface area (Å²) in [5, 5.41) is -1.12. The number of ketones is 1. The van der Waals surface area contributed by atoms with E-state index in [-0.39, 0.29) is 48.0 Å². The van der Waals surface area contributed by atoms with Gasteiger partial charge in [-0.2, -0.15) is 0 Å². The summed E-state index contributed by atoms with van der Waals surface area (Å²) in [6, 6.07) is 4.03. The minimum absolute atomic E-state index is 0.00334. The molecule has 1 aromatic carbocycles. The lowest BCUT2D eigenvalue weighted by Gasteiger charge is -2.39. The Hall–Kier alpha value is -2.95. The molecular weight excluding hydrogens is 454 g/mol. The zero-order chi connectivity index (χ0) is 24.2. The monoisotopic (exact) mass is 478 g/mol. The Labute approximate surface area is 190 Å². The molecule has 0 spiro atoms. The first kappa shape index (κ1) is 23.2. The molecule has 1 saturated heterocycles. The zero-order valence-electron chi connectivity index (χ0n) is 18.4. The van der Waals surface area contributed by atoms with Crippen molar-refractivity contribution in [3.8, 4) is 5.88 Å². The topological polar surface area (TPSA) is 125 Å². The summed E-state index contributed by atoms with van der Waals surface area (Å²) in [6.45, 7) is 1.94. The molecule has 2 N–H and O–H groups in total. The van der Waals surface area contributed by atoms with Gasteiger partial charge in [0.25, 0.3) is 0 Å². The molecule has 3 atom stereocenters. The number of carbonyl (C=O) groups is 1. The predicted molar refractivity (Wildman–Crippen MR) is 117 cm³/mol. The molecular formula is C22H24F2N4O4S. The number of hydrogen-bond acceptors (Lipinski definition) is 8. The predicted octanol–water partition coefficient (Wildman–Crippen LogP) is 2.23. The Morgan fingerprint density at radius 1 is 1.36 bits per heavy atom. The van der Waals surface area contributed by atoms with Crippen LogP contribution in [0.25, 0.3) is 0 Å². The third-order valence-corrected chi connectivity index (χ3v) is 9.79. The van der Waals surface area contributed by atoms with Gasteiger partial charge in [-0.15, -0.1) is 0 Å². The highest BCUT2D eigenvalue weighted by molar-refractivity contribution is 7.94. The van der Waals surface area contributed by atoms with Gasteiger partial charge in [0.15, 0.2) is 20.4 Å². The molecule has 2 aliphatic rings. The number of methoxy groups -OCH3 is 1. The number of ether oxygens (including phenoxy) is 1. The second kappa shape index (κ2) is 7.82. The van der Waals surface area contributed by atoms with Crippen LogP contribution in [0.2, 0.25) is 0 Å². The number of aromatic nitrogens is 2. The molecule has 11 heteroatoms. The number of carbonyl (C=O) groups excluding carboxylic acids is 1. The highest BCUT2D eigenvalue weighted by Crippen LogP contribution is 2.51. The Balaban J connectivity index is 1.73. The van der Waals surface area contributed by atoms with Crippen molar-refractivity contribution in [3.05, 3.63) is 52.7 Å². The standard InChI is InChI=1S/C22H24F2N4O4S/c1-12-19(26-10-18(27-12)32-3)16(29)9-13-4-5-15(24)14(8-13)21(2)17-6-7-22(11-23,20(25)28-21)33(17,30)31/h4-5,8,10,17H,6-7,9,11H2,1-3H3,(H2,25,28)/t17-,21+,22-/m0/s1. The summed E-state index contributed by atoms with van der Waals surface area (Å²) in [5.41, 5.74) is 5.40. The maximum Gasteiger partial charge on any atom is 0.232 e. The number of rotatable bonds is 6. The van der Waals surface area contributed by atoms with Gasteiger partial charge < -0.3 is 10.5 Å². The number of amidine groups is 1. The van der Waals surface area contributed by atoms with Crippen LogP contribution >= 0.6 is 0 Å². The number of aryl methyl sites for hydroxylation is 1. The average Bonchev–Trinajstić information content (AvgIpc) is 2.98. The van der Waals surface area contributed by atoms with Crippen molar-refractivity contribution < 1.29 is 26.7 Å². The molecule has 4 rings (SSSR count). The molecule has 0 saturated carbocycles. The Kier molecular flexibility index (Phi) is 5.50. The largest absolute Gasteiger partial charge is 0.480 e. The van der Waals surface area contributed by atoms with E-state index in [1.807, 2.05) is 0 Å². The van der Waals surface area contributed by atoms with Crippen molar-refractivity contribution >= 4 is 21.5 Å². The summed E-state index contributed by atoms with van der Waals surface area (Å²) in [7, 11) is -2.61. The van der Waals surface area contributed by atoms with Gasteiger partial charge in [-0.1, -0.05) is 6.07 Å². The third kappa shape index (κ3) is 3.32. The van der Waals surface area contributed by atoms with Gasteiger partial charge in [0.2, 0.25) is 5.88 Å². The lowest BCUT2D eigenvalue weighted by Crippen LogP contribution is -2.58. The van der Waals surface area contributed by atoms with Crippen molar-refractivity contribution in [2.75, 3.05) is 13.8 Å². The number of benzene rings is 1. The first-order valence-corrected chi connectivity index (χ1v) is 11.9. The van der Waals surface area contributed by atoms with Gasteiger partial charge >= 0.3 is 0 Å². The molecule has 0 amide bonds. The molecule has 1 aromatic heterocycles. The minimum atomic E-state index is -4.05. The van der Waals surface area contributed by atoms with Gasteiger partial charge in [-0.05, 0) is 44.4 Å². The second-order valence-corrected chi connectivity index (χ2v) is 11.0. The number of hydrogen-bond donors (Lipinski definition) is 1. The number of nitrogens with two attached hydrogens (primary N) is 1. The molecule has 33 heavy (non-hydrogen) atoms. The number of nitrogens with zero attached hydrogens (tertiary/aromatic N) is 3. The Bertz CT molecular complexity index is 1280. The molecule has 3 heterocycles. The van der Waals surface area contributed by atoms with Crippen LogP contribution in [0, 0.1) is 12.7 Å². The summed E-state index contributed by atoms with van der Waals surface area (Å²) >= 11 is 0. The smallest absolute Gasteiger partial charge is 0.232 e. The number of halogens is 2. The molecule has 2 bridgehead atoms. The quantitative estimate of drug-likeness (QED) is 0.631. The lowest BCUT2D eigenvalue weighted by atomic mass is 9.85. The zero-order valence-corrected chi connectivity index (χ0v) is 19.2. The number of alkyl halides is 1. The fraction of sp³-hybridized carbons (Fsp3) is 0.455. The fourth-order valence-corrected chi connectivity index (χ4v) is 7.48. The highest BCUT2D eigenvalue weighted by atomic mass is 32.2. The molecule has 1 fully saturated rings. The summed E-state index contributed by atoms with van der Waals surface area (Å²) in [6.07, 6.45) is 1.32. The highest BCUT2D eigenvalue weighted by Gasteiger charge is 2.65. The first-order valence-electron chi connectivity index (χ1n) is 10.3. The first-order chi connectivity index (χ1) is 15.5. The van der Waals surface area contributed by atoms with Crippen molar-refractivity contribution in [1.82, 2.24) is 9.97 Å². The number of aliphatic imine (C=N–C) groups is 1. The van der Waals surface area contributed by atoms with Crippen LogP contribution in [0.5, 0.6) is 5.88 Å². The Morgan fingerprint density at radius 2 is 2.09 bits per heavy atom. The second-order valence-electron chi connectivity index (χ2n) is 8.61. The molecule has 0 unspecified atom stereocenters. The SMILES string of the molecule is COc1cnc(C(=O)Cc2ccc(F)c([C@@]3(C)N=C(N)[C@@]4(CF)CC[C@@H]3S4(=O)=O)c2)c(C)n1. The minimum Gasteiger partial charge on any atom is -0.480 e. The van der Waals surface area contributed by atoms with Gasteiger partial charge in [0.1, 0.15) is 29.6 Å². The normalized spacial score (nSPS) is 27.8. The van der Waals surface area contributed by atoms with E-state index in [1.165, 1.54) is 38.4 Å². The maximum absolute atomic E-state index is 15.0. The third-order valence-electron chi connectivity index (χ3n) is 6.73.